The number of hydrogen-bond donors (Lipinski definition) is 5. The molecule has 208 valence electrons. The van der Waals surface area contributed by atoms with E-state index in [4.69, 9.17) is 14.3 Å². The maximum Gasteiger partial charge on any atom is 0.373 e. The third-order valence-electron chi connectivity index (χ3n) is 4.92. The Morgan fingerprint density at radius 1 is 0.842 bits per heavy atom. The first-order valence-corrected chi connectivity index (χ1v) is 13.3. The molecule has 0 aliphatic carbocycles. The minimum Gasteiger partial charge on any atom is -0.437 e. The van der Waals surface area contributed by atoms with Crippen LogP contribution in [0.15, 0.2) is 48.5 Å². The van der Waals surface area contributed by atoms with Gasteiger partial charge in [-0.15, -0.1) is 0 Å². The van der Waals surface area contributed by atoms with Gasteiger partial charge in [0.05, 0.1) is 29.3 Å². The van der Waals surface area contributed by atoms with Gasteiger partial charge in [0.15, 0.2) is 0 Å². The molecule has 0 saturated carbocycles. The number of hydrogen-bond acceptors (Lipinski definition) is 12. The van der Waals surface area contributed by atoms with E-state index in [1.54, 1.807) is 31.1 Å². The van der Waals surface area contributed by atoms with Crippen LogP contribution >= 0.6 is 0 Å². The molecular formula is C21H32B2N4O10S. The molecule has 0 heterocycles. The van der Waals surface area contributed by atoms with Crippen molar-refractivity contribution < 1.29 is 37.6 Å². The lowest BCUT2D eigenvalue weighted by Crippen LogP contribution is -2.44. The largest absolute Gasteiger partial charge is 0.437 e. The summed E-state index contributed by atoms with van der Waals surface area (Å²) in [4.78, 5) is 20.1. The molecule has 0 saturated heterocycles. The number of nitrogens with one attached hydrogen (secondary N) is 2. The summed E-state index contributed by atoms with van der Waals surface area (Å²) in [5, 5.41) is 54.2. The summed E-state index contributed by atoms with van der Waals surface area (Å²) in [5.41, 5.74) is 1.64. The lowest BCUT2D eigenvalue weighted by molar-refractivity contribution is -0.385. The molecule has 0 aliphatic rings. The zero-order chi connectivity index (χ0) is 28.9. The molecule has 38 heavy (non-hydrogen) atoms. The maximum atomic E-state index is 11.0. The van der Waals surface area contributed by atoms with E-state index in [9.17, 15) is 33.7 Å². The number of aliphatic hydroxyl groups is 1. The number of nitro benzene ring substituents is 2. The van der Waals surface area contributed by atoms with Crippen molar-refractivity contribution in [2.24, 2.45) is 0 Å². The summed E-state index contributed by atoms with van der Waals surface area (Å²) in [6.07, 6.45) is 1.80. The number of aliphatic hydroxyl groups excluding tert-OH is 1. The molecule has 2 rings (SSSR count). The van der Waals surface area contributed by atoms with Crippen molar-refractivity contribution in [3.63, 3.8) is 0 Å². The van der Waals surface area contributed by atoms with Gasteiger partial charge in [0, 0.05) is 36.3 Å². The molecule has 17 heteroatoms. The van der Waals surface area contributed by atoms with Crippen LogP contribution in [0.4, 0.5) is 11.4 Å². The molecule has 2 aromatic rings. The van der Waals surface area contributed by atoms with Crippen molar-refractivity contribution in [1.82, 2.24) is 10.5 Å². The summed E-state index contributed by atoms with van der Waals surface area (Å²) in [6, 6.07) is 11.3. The molecule has 0 fully saturated rings. The van der Waals surface area contributed by atoms with E-state index in [0.29, 0.717) is 12.8 Å². The highest BCUT2D eigenvalue weighted by Crippen LogP contribution is 2.14. The van der Waals surface area contributed by atoms with E-state index in [1.807, 2.05) is 0 Å². The van der Waals surface area contributed by atoms with Crippen LogP contribution < -0.4 is 10.5 Å². The zero-order valence-corrected chi connectivity index (χ0v) is 22.1. The average Bonchev–Trinajstić information content (AvgIpc) is 2.82. The Balaban J connectivity index is 0.000000389. The second-order valence-corrected chi connectivity index (χ2v) is 10.1. The fourth-order valence-corrected chi connectivity index (χ4v) is 3.72. The topological polar surface area (TPSA) is 214 Å². The molecule has 0 bridgehead atoms. The van der Waals surface area contributed by atoms with Crippen molar-refractivity contribution in [1.29, 1.82) is 0 Å². The van der Waals surface area contributed by atoms with Crippen molar-refractivity contribution in [2.45, 2.75) is 38.6 Å². The Morgan fingerprint density at radius 3 is 1.53 bits per heavy atom. The fourth-order valence-electron chi connectivity index (χ4n) is 3.31. The molecule has 5 N–H and O–H groups in total. The first-order chi connectivity index (χ1) is 17.7. The van der Waals surface area contributed by atoms with E-state index in [-0.39, 0.29) is 30.6 Å². The van der Waals surface area contributed by atoms with Crippen molar-refractivity contribution in [2.75, 3.05) is 19.5 Å². The van der Waals surface area contributed by atoms with E-state index in [0.717, 1.165) is 17.4 Å². The first kappa shape index (κ1) is 33.1. The quantitative estimate of drug-likeness (QED) is 0.0928. The van der Waals surface area contributed by atoms with Gasteiger partial charge in [0.1, 0.15) is 0 Å². The van der Waals surface area contributed by atoms with Crippen molar-refractivity contribution in [3.05, 3.63) is 79.9 Å². The molecule has 2 aromatic carbocycles. The summed E-state index contributed by atoms with van der Waals surface area (Å²) in [6.45, 7) is 2.82. The molecule has 0 unspecified atom stereocenters. The maximum absolute atomic E-state index is 11.0. The second-order valence-electron chi connectivity index (χ2n) is 8.51. The highest BCUT2D eigenvalue weighted by atomic mass is 32.2. The highest BCUT2D eigenvalue weighted by molar-refractivity contribution is 7.85. The van der Waals surface area contributed by atoms with E-state index < -0.39 is 40.1 Å². The van der Waals surface area contributed by atoms with Crippen LogP contribution in [0, 0.1) is 20.2 Å². The lowest BCUT2D eigenvalue weighted by Gasteiger charge is -2.18. The Kier molecular flexibility index (Phi) is 14.1. The predicted molar refractivity (Wildman–Crippen MR) is 143 cm³/mol. The van der Waals surface area contributed by atoms with Gasteiger partial charge in [-0.05, 0) is 37.6 Å². The molecule has 0 amide bonds. The van der Waals surface area contributed by atoms with Gasteiger partial charge in [-0.25, -0.2) is 0 Å². The first-order valence-electron chi connectivity index (χ1n) is 11.5. The second kappa shape index (κ2) is 16.1. The molecular weight excluding hydrogens is 522 g/mol. The van der Waals surface area contributed by atoms with Crippen molar-refractivity contribution >= 4 is 35.6 Å². The van der Waals surface area contributed by atoms with Gasteiger partial charge < -0.3 is 25.6 Å². The predicted octanol–water partition coefficient (Wildman–Crippen LogP) is 0.380. The van der Waals surface area contributed by atoms with Crippen LogP contribution in [0.2, 0.25) is 13.6 Å². The number of nitrogens with zero attached hydrogens (tertiary/aromatic N) is 2. The standard InChI is InChI=1S/C11H17BN2O6S.C10H15BN2O4/c1-12(15)13-10(8-20-21(2,18)19)7-9-3-5-11(6-4-9)14(16)17;1-11(15)12-9(7-14)6-8-2-4-10(5-3-8)13(16)17/h3-6,10,13,15H,7-8H2,1-2H3;2-5,9,12,14-15H,6-7H2,1H3/t10-;9-/m00/s1. The summed E-state index contributed by atoms with van der Waals surface area (Å²) in [5.74, 6) is 0. The van der Waals surface area contributed by atoms with Gasteiger partial charge in [-0.3, -0.25) is 24.4 Å². The van der Waals surface area contributed by atoms with Crippen LogP contribution in [-0.2, 0) is 27.1 Å². The highest BCUT2D eigenvalue weighted by Gasteiger charge is 2.17. The van der Waals surface area contributed by atoms with E-state index >= 15 is 0 Å². The summed E-state index contributed by atoms with van der Waals surface area (Å²) < 4.78 is 26.7. The average molecular weight is 554 g/mol. The van der Waals surface area contributed by atoms with Gasteiger partial charge >= 0.3 is 14.1 Å². The monoisotopic (exact) mass is 554 g/mol. The molecule has 2 atom stereocenters. The number of benzene rings is 2. The molecule has 0 radical (unpaired) electrons. The van der Waals surface area contributed by atoms with Crippen LogP contribution in [0.1, 0.15) is 11.1 Å². The Labute approximate surface area is 221 Å². The number of rotatable bonds is 14. The van der Waals surface area contributed by atoms with Gasteiger partial charge in [-0.2, -0.15) is 8.42 Å². The van der Waals surface area contributed by atoms with E-state index in [1.165, 1.54) is 31.1 Å². The Hall–Kier alpha value is -2.92. The Morgan fingerprint density at radius 2 is 1.21 bits per heavy atom. The van der Waals surface area contributed by atoms with Crippen LogP contribution in [0.3, 0.4) is 0 Å². The minimum absolute atomic E-state index is 0.0221. The zero-order valence-electron chi connectivity index (χ0n) is 21.3. The molecule has 0 aromatic heterocycles. The number of non-ortho nitro benzene ring substituents is 2. The van der Waals surface area contributed by atoms with Crippen LogP contribution in [0.25, 0.3) is 0 Å². The lowest BCUT2D eigenvalue weighted by atomic mass is 9.86. The normalized spacial score (nSPS) is 12.6. The van der Waals surface area contributed by atoms with Crippen molar-refractivity contribution in [3.8, 4) is 0 Å². The molecule has 0 spiro atoms. The summed E-state index contributed by atoms with van der Waals surface area (Å²) in [7, 11) is -5.12. The molecule has 14 nitrogen and oxygen atoms in total. The third-order valence-corrected chi connectivity index (χ3v) is 5.48. The van der Waals surface area contributed by atoms with Gasteiger partial charge in [0.2, 0.25) is 0 Å². The van der Waals surface area contributed by atoms with E-state index in [2.05, 4.69) is 10.5 Å². The van der Waals surface area contributed by atoms with Crippen LogP contribution in [0.5, 0.6) is 0 Å². The number of nitro groups is 2. The SMILES string of the molecule is CB(O)N[C@H](CO)Cc1ccc([N+](=O)[O-])cc1.CB(O)N[C@H](COS(C)(=O)=O)Cc1ccc([N+](=O)[O-])cc1. The van der Waals surface area contributed by atoms with Gasteiger partial charge in [-0.1, -0.05) is 24.3 Å². The fraction of sp³-hybridized carbons (Fsp3) is 0.429. The molecule has 0 aliphatic heterocycles. The van der Waals surface area contributed by atoms with Gasteiger partial charge in [0.25, 0.3) is 21.5 Å². The summed E-state index contributed by atoms with van der Waals surface area (Å²) >= 11 is 0. The Bertz CT molecular complexity index is 1120. The third kappa shape index (κ3) is 14.1. The smallest absolute Gasteiger partial charge is 0.373 e. The minimum atomic E-state index is -3.58. The van der Waals surface area contributed by atoms with Crippen LogP contribution in [-0.4, -0.2) is 79.1 Å².